The maximum absolute atomic E-state index is 14.8. The lowest BCUT2D eigenvalue weighted by atomic mass is 10.0. The van der Waals surface area contributed by atoms with Gasteiger partial charge in [-0.1, -0.05) is 29.3 Å². The molecule has 2 N–H and O–H groups in total. The average molecular weight is 517 g/mol. The van der Waals surface area contributed by atoms with Crippen LogP contribution in [-0.4, -0.2) is 61.2 Å². The van der Waals surface area contributed by atoms with E-state index in [1.54, 1.807) is 40.0 Å². The first-order valence-corrected chi connectivity index (χ1v) is 12.0. The fourth-order valence-electron chi connectivity index (χ4n) is 4.48. The maximum Gasteiger partial charge on any atom is 0.272 e. The Labute approximate surface area is 210 Å². The van der Waals surface area contributed by atoms with Crippen LogP contribution in [0.15, 0.2) is 47.7 Å². The van der Waals surface area contributed by atoms with Crippen LogP contribution in [0.25, 0.3) is 5.52 Å². The molecular weight excluding hydrogens is 494 g/mol. The van der Waals surface area contributed by atoms with Crippen molar-refractivity contribution in [1.82, 2.24) is 29.2 Å². The van der Waals surface area contributed by atoms with Gasteiger partial charge in [-0.15, -0.1) is 0 Å². The molecule has 1 amide bonds. The standard InChI is InChI=1S/C24H23Cl2FN6O2/c25-18-12-20-23(34)30-13-16(33(20)22(18)26)10-15-2-3-19(27)17(11-15)24(35)32-7-1-6-31(8-9-32)14-21-28-4-5-29-21/h2-5,11-13H,1,6-10,14H2,(H,28,29)(H,30,34). The minimum absolute atomic E-state index is 0.0271. The fourth-order valence-corrected chi connectivity index (χ4v) is 4.92. The van der Waals surface area contributed by atoms with Crippen LogP contribution in [0.2, 0.25) is 10.2 Å². The van der Waals surface area contributed by atoms with Crippen molar-refractivity contribution >= 4 is 34.6 Å². The second-order valence-corrected chi connectivity index (χ2v) is 9.33. The number of carbonyl (C=O) groups excluding carboxylic acids is 1. The quantitative estimate of drug-likeness (QED) is 0.422. The van der Waals surface area contributed by atoms with Gasteiger partial charge in [-0.25, -0.2) is 9.37 Å². The Hall–Kier alpha value is -3.14. The molecule has 4 heterocycles. The van der Waals surface area contributed by atoms with E-state index >= 15 is 0 Å². The zero-order valence-electron chi connectivity index (χ0n) is 18.7. The number of nitrogens with zero attached hydrogens (tertiary/aromatic N) is 4. The van der Waals surface area contributed by atoms with Crippen molar-refractivity contribution < 1.29 is 9.18 Å². The van der Waals surface area contributed by atoms with Gasteiger partial charge in [-0.3, -0.25) is 18.9 Å². The second-order valence-electron chi connectivity index (χ2n) is 8.56. The molecule has 3 aromatic heterocycles. The molecular formula is C24H23Cl2FN6O2. The number of halogens is 3. The Kier molecular flexibility index (Phi) is 6.64. The van der Waals surface area contributed by atoms with E-state index in [4.69, 9.17) is 23.2 Å². The number of nitrogens with one attached hydrogen (secondary N) is 2. The van der Waals surface area contributed by atoms with E-state index in [0.717, 1.165) is 18.8 Å². The van der Waals surface area contributed by atoms with Gasteiger partial charge in [-0.2, -0.15) is 0 Å². The van der Waals surface area contributed by atoms with E-state index in [1.165, 1.54) is 12.1 Å². The minimum Gasteiger partial charge on any atom is -0.348 e. The first-order chi connectivity index (χ1) is 16.9. The largest absolute Gasteiger partial charge is 0.348 e. The van der Waals surface area contributed by atoms with E-state index in [1.807, 2.05) is 0 Å². The third-order valence-electron chi connectivity index (χ3n) is 6.24. The third kappa shape index (κ3) is 4.84. The van der Waals surface area contributed by atoms with E-state index < -0.39 is 5.82 Å². The fraction of sp³-hybridized carbons (Fsp3) is 0.292. The van der Waals surface area contributed by atoms with Crippen molar-refractivity contribution in [1.29, 1.82) is 0 Å². The molecule has 0 radical (unpaired) electrons. The van der Waals surface area contributed by atoms with Crippen molar-refractivity contribution in [2.75, 3.05) is 26.2 Å². The summed E-state index contributed by atoms with van der Waals surface area (Å²) in [6, 6.07) is 5.99. The topological polar surface area (TPSA) is 89.5 Å². The highest BCUT2D eigenvalue weighted by Crippen LogP contribution is 2.27. The normalized spacial score (nSPS) is 15.0. The number of carbonyl (C=O) groups is 1. The van der Waals surface area contributed by atoms with E-state index in [9.17, 15) is 14.0 Å². The number of amides is 1. The predicted molar refractivity (Wildman–Crippen MR) is 132 cm³/mol. The summed E-state index contributed by atoms with van der Waals surface area (Å²) in [7, 11) is 0. The molecule has 0 aliphatic carbocycles. The number of hydrogen-bond acceptors (Lipinski definition) is 4. The van der Waals surface area contributed by atoms with Crippen LogP contribution < -0.4 is 5.56 Å². The molecule has 1 aromatic carbocycles. The van der Waals surface area contributed by atoms with Crippen molar-refractivity contribution in [3.63, 3.8) is 0 Å². The summed E-state index contributed by atoms with van der Waals surface area (Å²) in [4.78, 5) is 39.4. The van der Waals surface area contributed by atoms with Crippen LogP contribution in [0.3, 0.4) is 0 Å². The first kappa shape index (κ1) is 23.6. The smallest absolute Gasteiger partial charge is 0.272 e. The van der Waals surface area contributed by atoms with Gasteiger partial charge in [0.05, 0.1) is 17.1 Å². The number of fused-ring (bicyclic) bond motifs is 1. The Morgan fingerprint density at radius 2 is 1.97 bits per heavy atom. The lowest BCUT2D eigenvalue weighted by Gasteiger charge is -2.22. The number of imidazole rings is 1. The molecule has 8 nitrogen and oxygen atoms in total. The molecule has 35 heavy (non-hydrogen) atoms. The van der Waals surface area contributed by atoms with Crippen molar-refractivity contribution in [2.45, 2.75) is 19.4 Å². The predicted octanol–water partition coefficient (Wildman–Crippen LogP) is 3.74. The number of rotatable bonds is 5. The second kappa shape index (κ2) is 9.85. The molecule has 1 aliphatic heterocycles. The lowest BCUT2D eigenvalue weighted by Crippen LogP contribution is -2.35. The Morgan fingerprint density at radius 1 is 1.11 bits per heavy atom. The van der Waals surface area contributed by atoms with Gasteiger partial charge in [0, 0.05) is 56.9 Å². The molecule has 1 aliphatic rings. The van der Waals surface area contributed by atoms with E-state index in [-0.39, 0.29) is 27.2 Å². The van der Waals surface area contributed by atoms with Gasteiger partial charge in [0.25, 0.3) is 11.5 Å². The zero-order chi connectivity index (χ0) is 24.5. The van der Waals surface area contributed by atoms with Gasteiger partial charge < -0.3 is 14.9 Å². The number of aromatic amines is 2. The highest BCUT2D eigenvalue weighted by Gasteiger charge is 2.23. The summed E-state index contributed by atoms with van der Waals surface area (Å²) in [6.07, 6.45) is 6.15. The Bertz CT molecular complexity index is 1430. The maximum atomic E-state index is 14.8. The number of H-pyrrole nitrogens is 2. The lowest BCUT2D eigenvalue weighted by molar-refractivity contribution is 0.0756. The van der Waals surface area contributed by atoms with Crippen LogP contribution in [0.5, 0.6) is 0 Å². The third-order valence-corrected chi connectivity index (χ3v) is 7.00. The SMILES string of the molecule is O=C(c1cc(Cc2c[nH]c(=O)c3cc(Cl)c(Cl)n23)ccc1F)N1CCCN(Cc2ncc[nH]2)CC1. The summed E-state index contributed by atoms with van der Waals surface area (Å²) in [5, 5.41) is 0.492. The molecule has 1 fully saturated rings. The molecule has 182 valence electrons. The molecule has 11 heteroatoms. The van der Waals surface area contributed by atoms with Gasteiger partial charge in [0.15, 0.2) is 0 Å². The average Bonchev–Trinajstić information content (AvgIpc) is 3.39. The summed E-state index contributed by atoms with van der Waals surface area (Å²) in [5.74, 6) is -0.0223. The van der Waals surface area contributed by atoms with Gasteiger partial charge >= 0.3 is 0 Å². The minimum atomic E-state index is -0.566. The van der Waals surface area contributed by atoms with Crippen molar-refractivity contribution in [3.05, 3.63) is 91.8 Å². The number of aromatic nitrogens is 4. The van der Waals surface area contributed by atoms with Crippen LogP contribution >= 0.6 is 23.2 Å². The van der Waals surface area contributed by atoms with Crippen LogP contribution in [0.1, 0.15) is 33.9 Å². The Morgan fingerprint density at radius 3 is 2.77 bits per heavy atom. The molecule has 1 saturated heterocycles. The molecule has 0 spiro atoms. The molecule has 0 saturated carbocycles. The summed E-state index contributed by atoms with van der Waals surface area (Å²) in [5.41, 5.74) is 1.39. The molecule has 0 bridgehead atoms. The molecule has 0 atom stereocenters. The van der Waals surface area contributed by atoms with Crippen LogP contribution in [-0.2, 0) is 13.0 Å². The zero-order valence-corrected chi connectivity index (χ0v) is 20.2. The highest BCUT2D eigenvalue weighted by molar-refractivity contribution is 6.42. The van der Waals surface area contributed by atoms with Crippen LogP contribution in [0, 0.1) is 5.82 Å². The summed E-state index contributed by atoms with van der Waals surface area (Å²) < 4.78 is 16.3. The highest BCUT2D eigenvalue weighted by atomic mass is 35.5. The van der Waals surface area contributed by atoms with E-state index in [0.29, 0.717) is 49.4 Å². The van der Waals surface area contributed by atoms with Crippen molar-refractivity contribution in [2.24, 2.45) is 0 Å². The molecule has 0 unspecified atom stereocenters. The van der Waals surface area contributed by atoms with Crippen LogP contribution in [0.4, 0.5) is 4.39 Å². The molecule has 4 aromatic rings. The van der Waals surface area contributed by atoms with Crippen molar-refractivity contribution in [3.8, 4) is 0 Å². The van der Waals surface area contributed by atoms with Gasteiger partial charge in [-0.05, 0) is 30.2 Å². The van der Waals surface area contributed by atoms with Gasteiger partial charge in [0.2, 0.25) is 0 Å². The van der Waals surface area contributed by atoms with E-state index in [2.05, 4.69) is 19.9 Å². The number of benzene rings is 1. The summed E-state index contributed by atoms with van der Waals surface area (Å²) >= 11 is 12.4. The number of hydrogen-bond donors (Lipinski definition) is 2. The summed E-state index contributed by atoms with van der Waals surface area (Å²) in [6.45, 7) is 3.24. The Balaban J connectivity index is 1.35. The first-order valence-electron chi connectivity index (χ1n) is 11.3. The monoisotopic (exact) mass is 516 g/mol. The van der Waals surface area contributed by atoms with Gasteiger partial charge in [0.1, 0.15) is 22.3 Å². The molecule has 5 rings (SSSR count).